The van der Waals surface area contributed by atoms with E-state index in [0.29, 0.717) is 0 Å². The van der Waals surface area contributed by atoms with Gasteiger partial charge in [0.05, 0.1) is 22.4 Å². The first-order valence-electron chi connectivity index (χ1n) is 20.6. The molecule has 0 amide bonds. The van der Waals surface area contributed by atoms with Crippen molar-refractivity contribution in [2.75, 3.05) is 4.90 Å². The molecule has 0 radical (unpaired) electrons. The summed E-state index contributed by atoms with van der Waals surface area (Å²) < 4.78 is 2.48. The number of nitrogens with zero attached hydrogens (tertiary/aromatic N) is 2. The van der Waals surface area contributed by atoms with Crippen molar-refractivity contribution >= 4 is 49.6 Å². The van der Waals surface area contributed by atoms with Gasteiger partial charge in [0.25, 0.3) is 0 Å². The maximum absolute atomic E-state index is 2.48. The van der Waals surface area contributed by atoms with E-state index in [1.54, 1.807) is 0 Å². The van der Waals surface area contributed by atoms with Crippen molar-refractivity contribution in [3.63, 3.8) is 0 Å². The summed E-state index contributed by atoms with van der Waals surface area (Å²) in [6.07, 6.45) is 0. The predicted molar refractivity (Wildman–Crippen MR) is 255 cm³/mol. The minimum atomic E-state index is 1.07. The number of rotatable bonds is 8. The summed E-state index contributed by atoms with van der Waals surface area (Å²) in [6, 6.07) is 88.1. The van der Waals surface area contributed by atoms with Crippen molar-refractivity contribution in [1.29, 1.82) is 0 Å². The Labute approximate surface area is 350 Å². The Bertz CT molecular complexity index is 3290. The third kappa shape index (κ3) is 6.23. The van der Waals surface area contributed by atoms with E-state index < -0.39 is 0 Å². The summed E-state index contributed by atoms with van der Waals surface area (Å²) >= 11 is 0. The van der Waals surface area contributed by atoms with Crippen LogP contribution in [0.3, 0.4) is 0 Å². The second-order valence-corrected chi connectivity index (χ2v) is 15.3. The Kier molecular flexibility index (Phi) is 8.87. The van der Waals surface area contributed by atoms with Gasteiger partial charge >= 0.3 is 0 Å². The summed E-state index contributed by atoms with van der Waals surface area (Å²) in [5.41, 5.74) is 16.1. The topological polar surface area (TPSA) is 8.17 Å². The standard InChI is InChI=1S/C58H40N2/c1-5-18-41(19-6-1)45-32-35-50(44-22-9-3-10-23-44)56(38-45)60-55-31-16-15-29-52(55)54-37-34-48(40-58(54)60)59(47-26-11-4-12-27-47)57-39-46(42-20-7-2-8-21-42)33-36-53(57)51-30-17-25-43-24-13-14-28-49(43)51/h1-40H. The van der Waals surface area contributed by atoms with Crippen LogP contribution in [0.4, 0.5) is 17.1 Å². The van der Waals surface area contributed by atoms with E-state index in [0.717, 1.165) is 39.4 Å². The zero-order valence-electron chi connectivity index (χ0n) is 33.0. The fourth-order valence-corrected chi connectivity index (χ4v) is 8.97. The predicted octanol–water partition coefficient (Wildman–Crippen LogP) is 16.1. The molecule has 0 atom stereocenters. The van der Waals surface area contributed by atoms with Gasteiger partial charge in [0, 0.05) is 33.3 Å². The molecule has 0 aliphatic carbocycles. The summed E-state index contributed by atoms with van der Waals surface area (Å²) in [6.45, 7) is 0. The van der Waals surface area contributed by atoms with Crippen LogP contribution in [0.15, 0.2) is 243 Å². The van der Waals surface area contributed by atoms with Crippen LogP contribution in [0.1, 0.15) is 0 Å². The maximum atomic E-state index is 2.48. The minimum absolute atomic E-state index is 1.07. The second kappa shape index (κ2) is 15.1. The van der Waals surface area contributed by atoms with Crippen LogP contribution in [-0.2, 0) is 0 Å². The van der Waals surface area contributed by atoms with Gasteiger partial charge in [-0.1, -0.05) is 200 Å². The molecule has 0 saturated heterocycles. The number of hydrogen-bond acceptors (Lipinski definition) is 1. The first kappa shape index (κ1) is 35.2. The normalized spacial score (nSPS) is 11.3. The Morgan fingerprint density at radius 1 is 0.283 bits per heavy atom. The average molecular weight is 765 g/mol. The molecule has 10 aromatic carbocycles. The molecule has 0 aliphatic heterocycles. The fraction of sp³-hybridized carbons (Fsp3) is 0. The minimum Gasteiger partial charge on any atom is -0.310 e. The number of anilines is 3. The lowest BCUT2D eigenvalue weighted by Gasteiger charge is -2.29. The van der Waals surface area contributed by atoms with E-state index in [1.807, 2.05) is 0 Å². The molecule has 0 spiro atoms. The summed E-state index contributed by atoms with van der Waals surface area (Å²) in [5, 5.41) is 4.87. The molecule has 2 nitrogen and oxygen atoms in total. The lowest BCUT2D eigenvalue weighted by atomic mass is 9.93. The molecule has 11 aromatic rings. The summed E-state index contributed by atoms with van der Waals surface area (Å²) in [5.74, 6) is 0. The zero-order chi connectivity index (χ0) is 39.8. The van der Waals surface area contributed by atoms with Gasteiger partial charge in [0.15, 0.2) is 0 Å². The van der Waals surface area contributed by atoms with Gasteiger partial charge in [-0.15, -0.1) is 0 Å². The van der Waals surface area contributed by atoms with E-state index in [1.165, 1.54) is 60.4 Å². The van der Waals surface area contributed by atoms with Crippen molar-refractivity contribution in [1.82, 2.24) is 4.57 Å². The Morgan fingerprint density at radius 3 is 1.55 bits per heavy atom. The number of para-hydroxylation sites is 2. The zero-order valence-corrected chi connectivity index (χ0v) is 33.0. The van der Waals surface area contributed by atoms with E-state index in [4.69, 9.17) is 0 Å². The molecule has 0 bridgehead atoms. The first-order valence-corrected chi connectivity index (χ1v) is 20.6. The highest BCUT2D eigenvalue weighted by Crippen LogP contribution is 2.46. The maximum Gasteiger partial charge on any atom is 0.0562 e. The number of aromatic nitrogens is 1. The third-order valence-corrected chi connectivity index (χ3v) is 11.8. The highest BCUT2D eigenvalue weighted by Gasteiger charge is 2.23. The summed E-state index contributed by atoms with van der Waals surface area (Å²) in [4.78, 5) is 2.45. The third-order valence-electron chi connectivity index (χ3n) is 11.8. The van der Waals surface area contributed by atoms with Gasteiger partial charge < -0.3 is 9.47 Å². The summed E-state index contributed by atoms with van der Waals surface area (Å²) in [7, 11) is 0. The molecule has 0 aliphatic rings. The molecular weight excluding hydrogens is 725 g/mol. The van der Waals surface area contributed by atoms with Crippen molar-refractivity contribution in [3.05, 3.63) is 243 Å². The van der Waals surface area contributed by atoms with E-state index in [2.05, 4.69) is 252 Å². The number of fused-ring (bicyclic) bond motifs is 4. The monoisotopic (exact) mass is 764 g/mol. The molecule has 0 unspecified atom stereocenters. The molecule has 0 fully saturated rings. The van der Waals surface area contributed by atoms with Crippen LogP contribution in [0.5, 0.6) is 0 Å². The van der Waals surface area contributed by atoms with Crippen molar-refractivity contribution in [3.8, 4) is 50.2 Å². The molecular formula is C58H40N2. The van der Waals surface area contributed by atoms with Crippen LogP contribution in [0, 0.1) is 0 Å². The Morgan fingerprint density at radius 2 is 0.833 bits per heavy atom. The Balaban J connectivity index is 1.21. The van der Waals surface area contributed by atoms with Gasteiger partial charge in [-0.05, 0) is 86.6 Å². The quantitative estimate of drug-likeness (QED) is 0.150. The van der Waals surface area contributed by atoms with Crippen molar-refractivity contribution in [2.45, 2.75) is 0 Å². The highest BCUT2D eigenvalue weighted by atomic mass is 15.1. The van der Waals surface area contributed by atoms with Crippen molar-refractivity contribution in [2.24, 2.45) is 0 Å². The van der Waals surface area contributed by atoms with Gasteiger partial charge in [0.2, 0.25) is 0 Å². The average Bonchev–Trinajstić information content (AvgIpc) is 3.66. The van der Waals surface area contributed by atoms with Gasteiger partial charge in [0.1, 0.15) is 0 Å². The number of hydrogen-bond donors (Lipinski definition) is 0. The van der Waals surface area contributed by atoms with Gasteiger partial charge in [-0.25, -0.2) is 0 Å². The molecule has 0 saturated carbocycles. The molecule has 60 heavy (non-hydrogen) atoms. The highest BCUT2D eigenvalue weighted by molar-refractivity contribution is 6.11. The van der Waals surface area contributed by atoms with Crippen LogP contribution in [0.25, 0.3) is 82.8 Å². The molecule has 11 rings (SSSR count). The van der Waals surface area contributed by atoms with Crippen molar-refractivity contribution < 1.29 is 0 Å². The fourth-order valence-electron chi connectivity index (χ4n) is 8.97. The van der Waals surface area contributed by atoms with Gasteiger partial charge in [-0.3, -0.25) is 0 Å². The SMILES string of the molecule is c1ccc(-c2ccc(-c3cccc4ccccc34)c(N(c3ccccc3)c3ccc4c5ccccc5n(-c5cc(-c6ccccc6)ccc5-c5ccccc5)c4c3)c2)cc1. The molecule has 0 N–H and O–H groups in total. The largest absolute Gasteiger partial charge is 0.310 e. The Hall–Kier alpha value is -7.94. The lowest BCUT2D eigenvalue weighted by Crippen LogP contribution is -2.11. The molecule has 1 aromatic heterocycles. The van der Waals surface area contributed by atoms with E-state index in [9.17, 15) is 0 Å². The first-order chi connectivity index (χ1) is 29.8. The lowest BCUT2D eigenvalue weighted by molar-refractivity contribution is 1.18. The van der Waals surface area contributed by atoms with Crippen LogP contribution in [0.2, 0.25) is 0 Å². The second-order valence-electron chi connectivity index (χ2n) is 15.3. The smallest absolute Gasteiger partial charge is 0.0562 e. The molecule has 1 heterocycles. The molecule has 282 valence electrons. The van der Waals surface area contributed by atoms with E-state index >= 15 is 0 Å². The van der Waals surface area contributed by atoms with Crippen LogP contribution in [-0.4, -0.2) is 4.57 Å². The van der Waals surface area contributed by atoms with Crippen LogP contribution >= 0.6 is 0 Å². The van der Waals surface area contributed by atoms with E-state index in [-0.39, 0.29) is 0 Å². The van der Waals surface area contributed by atoms with Crippen LogP contribution < -0.4 is 4.90 Å². The van der Waals surface area contributed by atoms with Gasteiger partial charge in [-0.2, -0.15) is 0 Å². The molecule has 2 heteroatoms. The number of benzene rings is 10.